The van der Waals surface area contributed by atoms with Gasteiger partial charge in [0.25, 0.3) is 0 Å². The van der Waals surface area contributed by atoms with Crippen molar-refractivity contribution in [1.82, 2.24) is 0 Å². The SMILES string of the molecule is Cc1cc(C)c(N2C3=C(CC4=C2CCCC4=O)C(=O)CCC3)c(Br)c1. The summed E-state index contributed by atoms with van der Waals surface area (Å²) in [6, 6.07) is 4.29. The van der Waals surface area contributed by atoms with Crippen LogP contribution in [0.5, 0.6) is 0 Å². The Morgan fingerprint density at radius 3 is 1.96 bits per heavy atom. The molecule has 0 unspecified atom stereocenters. The van der Waals surface area contributed by atoms with E-state index >= 15 is 0 Å². The molecule has 0 radical (unpaired) electrons. The Kier molecular flexibility index (Phi) is 4.19. The zero-order chi connectivity index (χ0) is 17.7. The molecule has 2 aliphatic carbocycles. The van der Waals surface area contributed by atoms with Crippen molar-refractivity contribution < 1.29 is 9.59 Å². The zero-order valence-electron chi connectivity index (χ0n) is 14.7. The molecule has 1 aromatic rings. The first-order valence-corrected chi connectivity index (χ1v) is 9.84. The highest BCUT2D eigenvalue weighted by molar-refractivity contribution is 9.10. The van der Waals surface area contributed by atoms with Crippen molar-refractivity contribution in [2.24, 2.45) is 0 Å². The quantitative estimate of drug-likeness (QED) is 0.643. The second-order valence-electron chi connectivity index (χ2n) is 7.33. The topological polar surface area (TPSA) is 37.4 Å². The summed E-state index contributed by atoms with van der Waals surface area (Å²) < 4.78 is 1.03. The molecule has 0 amide bonds. The number of aryl methyl sites for hydroxylation is 2. The van der Waals surface area contributed by atoms with E-state index in [1.165, 1.54) is 11.1 Å². The molecule has 0 bridgehead atoms. The minimum absolute atomic E-state index is 0.220. The average molecular weight is 400 g/mol. The number of allylic oxidation sites excluding steroid dienone is 4. The summed E-state index contributed by atoms with van der Waals surface area (Å²) in [7, 11) is 0. The van der Waals surface area contributed by atoms with E-state index < -0.39 is 0 Å². The van der Waals surface area contributed by atoms with Gasteiger partial charge in [0.2, 0.25) is 0 Å². The molecular weight excluding hydrogens is 378 g/mol. The molecule has 0 atom stereocenters. The number of carbonyl (C=O) groups is 2. The number of anilines is 1. The molecule has 1 heterocycles. The van der Waals surface area contributed by atoms with Crippen LogP contribution < -0.4 is 4.90 Å². The van der Waals surface area contributed by atoms with Crippen LogP contribution in [0, 0.1) is 13.8 Å². The van der Waals surface area contributed by atoms with Crippen LogP contribution in [-0.4, -0.2) is 11.6 Å². The van der Waals surface area contributed by atoms with Gasteiger partial charge in [-0.25, -0.2) is 0 Å². The maximum Gasteiger partial charge on any atom is 0.160 e. The summed E-state index contributed by atoms with van der Waals surface area (Å²) in [6.07, 6.45) is 5.37. The number of ketones is 2. The molecule has 1 aliphatic heterocycles. The third-order valence-electron chi connectivity index (χ3n) is 5.52. The van der Waals surface area contributed by atoms with Crippen LogP contribution in [0.15, 0.2) is 39.1 Å². The van der Waals surface area contributed by atoms with E-state index in [0.29, 0.717) is 19.3 Å². The monoisotopic (exact) mass is 399 g/mol. The highest BCUT2D eigenvalue weighted by Crippen LogP contribution is 2.46. The fourth-order valence-electron chi connectivity index (χ4n) is 4.45. The van der Waals surface area contributed by atoms with Crippen LogP contribution >= 0.6 is 15.9 Å². The second-order valence-corrected chi connectivity index (χ2v) is 8.18. The molecule has 3 aliphatic rings. The van der Waals surface area contributed by atoms with Crippen molar-refractivity contribution >= 4 is 33.2 Å². The van der Waals surface area contributed by atoms with E-state index in [1.54, 1.807) is 0 Å². The summed E-state index contributed by atoms with van der Waals surface area (Å²) in [5, 5.41) is 0. The van der Waals surface area contributed by atoms with E-state index in [-0.39, 0.29) is 11.6 Å². The lowest BCUT2D eigenvalue weighted by molar-refractivity contribution is -0.116. The largest absolute Gasteiger partial charge is 0.316 e. The molecule has 4 rings (SSSR count). The summed E-state index contributed by atoms with van der Waals surface area (Å²) in [6.45, 7) is 4.19. The van der Waals surface area contributed by atoms with Gasteiger partial charge in [-0.1, -0.05) is 6.07 Å². The lowest BCUT2D eigenvalue weighted by Crippen LogP contribution is -2.36. The predicted molar refractivity (Wildman–Crippen MR) is 102 cm³/mol. The van der Waals surface area contributed by atoms with Crippen molar-refractivity contribution in [2.45, 2.75) is 58.8 Å². The molecule has 130 valence electrons. The van der Waals surface area contributed by atoms with Crippen LogP contribution in [0.25, 0.3) is 0 Å². The lowest BCUT2D eigenvalue weighted by Gasteiger charge is -2.41. The molecule has 1 aromatic carbocycles. The van der Waals surface area contributed by atoms with Gasteiger partial charge < -0.3 is 4.90 Å². The van der Waals surface area contributed by atoms with E-state index in [9.17, 15) is 9.59 Å². The Bertz CT molecular complexity index is 798. The Labute approximate surface area is 156 Å². The molecule has 0 aromatic heterocycles. The van der Waals surface area contributed by atoms with Gasteiger partial charge in [-0.05, 0) is 72.7 Å². The van der Waals surface area contributed by atoms with E-state index in [4.69, 9.17) is 0 Å². The first-order chi connectivity index (χ1) is 12.0. The number of nitrogens with zero attached hydrogens (tertiary/aromatic N) is 1. The fraction of sp³-hybridized carbons (Fsp3) is 0.429. The van der Waals surface area contributed by atoms with Gasteiger partial charge >= 0.3 is 0 Å². The molecule has 25 heavy (non-hydrogen) atoms. The van der Waals surface area contributed by atoms with Crippen LogP contribution in [0.4, 0.5) is 5.69 Å². The third-order valence-corrected chi connectivity index (χ3v) is 6.12. The highest BCUT2D eigenvalue weighted by atomic mass is 79.9. The Hall–Kier alpha value is -1.68. The maximum atomic E-state index is 12.6. The van der Waals surface area contributed by atoms with Gasteiger partial charge in [-0.2, -0.15) is 0 Å². The van der Waals surface area contributed by atoms with Crippen molar-refractivity contribution in [3.63, 3.8) is 0 Å². The van der Waals surface area contributed by atoms with Crippen LogP contribution in [0.1, 0.15) is 56.1 Å². The summed E-state index contributed by atoms with van der Waals surface area (Å²) >= 11 is 3.74. The van der Waals surface area contributed by atoms with Crippen LogP contribution in [0.3, 0.4) is 0 Å². The number of Topliss-reactive ketones (excluding diaryl/α,β-unsaturated/α-hetero) is 2. The number of carbonyl (C=O) groups excluding carboxylic acids is 2. The number of hydrogen-bond acceptors (Lipinski definition) is 3. The lowest BCUT2D eigenvalue weighted by atomic mass is 9.80. The van der Waals surface area contributed by atoms with E-state index in [1.807, 2.05) is 0 Å². The van der Waals surface area contributed by atoms with Gasteiger partial charge in [0.05, 0.1) is 5.69 Å². The Morgan fingerprint density at radius 1 is 0.880 bits per heavy atom. The molecule has 0 saturated heterocycles. The molecular formula is C21H22BrNO2. The van der Waals surface area contributed by atoms with Crippen molar-refractivity contribution in [2.75, 3.05) is 4.90 Å². The summed E-state index contributed by atoms with van der Waals surface area (Å²) in [5.41, 5.74) is 7.44. The number of halogens is 1. The van der Waals surface area contributed by atoms with Crippen LogP contribution in [-0.2, 0) is 9.59 Å². The first-order valence-electron chi connectivity index (χ1n) is 9.04. The maximum absolute atomic E-state index is 12.6. The highest BCUT2D eigenvalue weighted by Gasteiger charge is 2.37. The van der Waals surface area contributed by atoms with Gasteiger partial charge in [-0.3, -0.25) is 9.59 Å². The summed E-state index contributed by atoms with van der Waals surface area (Å²) in [5.74, 6) is 0.439. The Balaban J connectivity index is 1.97. The Morgan fingerprint density at radius 2 is 1.44 bits per heavy atom. The van der Waals surface area contributed by atoms with Gasteiger partial charge in [-0.15, -0.1) is 0 Å². The molecule has 0 spiro atoms. The van der Waals surface area contributed by atoms with Crippen molar-refractivity contribution in [3.05, 3.63) is 50.3 Å². The standard InChI is InChI=1S/C21H22BrNO2/c1-12-9-13(2)21(16(22)10-12)23-17-5-3-7-19(24)14(17)11-15-18(23)6-4-8-20(15)25/h9-10H,3-8,11H2,1-2H3. The summed E-state index contributed by atoms with van der Waals surface area (Å²) in [4.78, 5) is 27.4. The first kappa shape index (κ1) is 16.8. The van der Waals surface area contributed by atoms with Crippen molar-refractivity contribution in [1.29, 1.82) is 0 Å². The third kappa shape index (κ3) is 2.71. The molecule has 3 nitrogen and oxygen atoms in total. The number of benzene rings is 1. The minimum Gasteiger partial charge on any atom is -0.316 e. The van der Waals surface area contributed by atoms with Gasteiger partial charge in [0.15, 0.2) is 11.6 Å². The molecule has 0 fully saturated rings. The zero-order valence-corrected chi connectivity index (χ0v) is 16.3. The predicted octanol–water partition coefficient (Wildman–Crippen LogP) is 5.29. The van der Waals surface area contributed by atoms with E-state index in [2.05, 4.69) is 46.8 Å². The minimum atomic E-state index is 0.220. The van der Waals surface area contributed by atoms with Gasteiger partial charge in [0.1, 0.15) is 0 Å². The van der Waals surface area contributed by atoms with Crippen LogP contribution in [0.2, 0.25) is 0 Å². The fourth-order valence-corrected chi connectivity index (χ4v) is 5.30. The van der Waals surface area contributed by atoms with E-state index in [0.717, 1.165) is 58.4 Å². The molecule has 0 saturated carbocycles. The second kappa shape index (κ2) is 6.24. The normalized spacial score (nSPS) is 20.8. The molecule has 0 N–H and O–H groups in total. The average Bonchev–Trinajstić information content (AvgIpc) is 2.55. The van der Waals surface area contributed by atoms with Gasteiger partial charge in [0, 0.05) is 46.3 Å². The number of rotatable bonds is 1. The molecule has 4 heteroatoms. The smallest absolute Gasteiger partial charge is 0.160 e. The van der Waals surface area contributed by atoms with Crippen molar-refractivity contribution in [3.8, 4) is 0 Å². The number of hydrogen-bond donors (Lipinski definition) is 0.